The summed E-state index contributed by atoms with van der Waals surface area (Å²) >= 11 is 0. The van der Waals surface area contributed by atoms with Crippen LogP contribution in [0.15, 0.2) is 47.5 Å². The number of nitrogens with zero attached hydrogens (tertiary/aromatic N) is 2. The quantitative estimate of drug-likeness (QED) is 0.489. The summed E-state index contributed by atoms with van der Waals surface area (Å²) in [6.07, 6.45) is 1.03. The zero-order chi connectivity index (χ0) is 22.9. The third-order valence-corrected chi connectivity index (χ3v) is 5.22. The second-order valence-electron chi connectivity index (χ2n) is 8.16. The minimum atomic E-state index is -0.00431. The first-order chi connectivity index (χ1) is 15.5. The Labute approximate surface area is 190 Å². The molecule has 2 aromatic carbocycles. The van der Waals surface area contributed by atoms with Crippen molar-refractivity contribution in [1.29, 1.82) is 0 Å². The number of hydrogen-bond donors (Lipinski definition) is 2. The van der Waals surface area contributed by atoms with Crippen molar-refractivity contribution in [3.63, 3.8) is 0 Å². The van der Waals surface area contributed by atoms with Crippen LogP contribution in [0.5, 0.6) is 5.75 Å². The summed E-state index contributed by atoms with van der Waals surface area (Å²) in [6, 6.07) is 13.8. The molecule has 1 saturated heterocycles. The Bertz CT molecular complexity index is 919. The Morgan fingerprint density at radius 1 is 1.19 bits per heavy atom. The molecule has 1 aliphatic rings. The molecule has 172 valence electrons. The van der Waals surface area contributed by atoms with E-state index >= 15 is 0 Å². The van der Waals surface area contributed by atoms with Crippen LogP contribution in [0.3, 0.4) is 0 Å². The lowest BCUT2D eigenvalue weighted by atomic mass is 10.1. The van der Waals surface area contributed by atoms with Gasteiger partial charge in [0, 0.05) is 44.7 Å². The number of aryl methyl sites for hydroxylation is 1. The van der Waals surface area contributed by atoms with Gasteiger partial charge in [-0.05, 0) is 43.2 Å². The van der Waals surface area contributed by atoms with E-state index in [1.807, 2.05) is 31.2 Å². The predicted molar refractivity (Wildman–Crippen MR) is 127 cm³/mol. The smallest absolute Gasteiger partial charge is 0.253 e. The lowest BCUT2D eigenvalue weighted by Gasteiger charge is -2.18. The molecule has 1 unspecified atom stereocenters. The van der Waals surface area contributed by atoms with E-state index in [4.69, 9.17) is 14.5 Å². The fraction of sp³-hybridized carbons (Fsp3) is 0.440. The third-order valence-electron chi connectivity index (χ3n) is 5.22. The third kappa shape index (κ3) is 6.72. The number of amides is 1. The highest BCUT2D eigenvalue weighted by Crippen LogP contribution is 2.23. The van der Waals surface area contributed by atoms with Crippen LogP contribution in [0.4, 0.5) is 0 Å². The van der Waals surface area contributed by atoms with Crippen molar-refractivity contribution in [2.75, 3.05) is 33.9 Å². The van der Waals surface area contributed by atoms with E-state index in [0.29, 0.717) is 25.3 Å². The van der Waals surface area contributed by atoms with Gasteiger partial charge in [0.1, 0.15) is 11.9 Å². The molecule has 2 aromatic rings. The summed E-state index contributed by atoms with van der Waals surface area (Å²) in [5.41, 5.74) is 3.96. The number of carbonyl (C=O) groups is 1. The summed E-state index contributed by atoms with van der Waals surface area (Å²) < 4.78 is 11.6. The van der Waals surface area contributed by atoms with Crippen molar-refractivity contribution in [2.24, 2.45) is 4.99 Å². The van der Waals surface area contributed by atoms with Gasteiger partial charge in [-0.1, -0.05) is 24.3 Å². The van der Waals surface area contributed by atoms with E-state index in [-0.39, 0.29) is 12.0 Å². The number of nitrogens with one attached hydrogen (secondary N) is 2. The normalized spacial score (nSPS) is 16.0. The first-order valence-electron chi connectivity index (χ1n) is 11.1. The van der Waals surface area contributed by atoms with Gasteiger partial charge in [-0.25, -0.2) is 4.99 Å². The van der Waals surface area contributed by atoms with Gasteiger partial charge in [0.05, 0.1) is 19.8 Å². The molecule has 1 atom stereocenters. The highest BCUT2D eigenvalue weighted by Gasteiger charge is 2.18. The van der Waals surface area contributed by atoms with E-state index in [9.17, 15) is 4.79 Å². The first-order valence-corrected chi connectivity index (χ1v) is 11.1. The van der Waals surface area contributed by atoms with E-state index in [1.165, 1.54) is 5.56 Å². The second-order valence-corrected chi connectivity index (χ2v) is 8.16. The van der Waals surface area contributed by atoms with Crippen LogP contribution in [0, 0.1) is 6.92 Å². The number of guanidine groups is 1. The van der Waals surface area contributed by atoms with Crippen LogP contribution < -0.4 is 15.4 Å². The summed E-state index contributed by atoms with van der Waals surface area (Å²) in [5, 5.41) is 6.69. The van der Waals surface area contributed by atoms with Crippen LogP contribution in [0.25, 0.3) is 0 Å². The average molecular weight is 439 g/mol. The van der Waals surface area contributed by atoms with Crippen molar-refractivity contribution in [1.82, 2.24) is 15.5 Å². The van der Waals surface area contributed by atoms with Crippen LogP contribution in [0.2, 0.25) is 0 Å². The van der Waals surface area contributed by atoms with Gasteiger partial charge in [-0.15, -0.1) is 0 Å². The second kappa shape index (κ2) is 11.5. The van der Waals surface area contributed by atoms with Gasteiger partial charge in [0.15, 0.2) is 5.96 Å². The molecule has 0 aliphatic carbocycles. The molecule has 0 aromatic heterocycles. The largest absolute Gasteiger partial charge is 0.488 e. The molecular formula is C25H34N4O3. The Kier molecular flexibility index (Phi) is 8.50. The van der Waals surface area contributed by atoms with Crippen LogP contribution in [0.1, 0.15) is 40.4 Å². The van der Waals surface area contributed by atoms with Gasteiger partial charge in [-0.3, -0.25) is 4.79 Å². The number of benzene rings is 2. The van der Waals surface area contributed by atoms with Gasteiger partial charge < -0.3 is 25.0 Å². The lowest BCUT2D eigenvalue weighted by Crippen LogP contribution is -2.37. The molecule has 3 rings (SSSR count). The van der Waals surface area contributed by atoms with Crippen LogP contribution in [-0.2, 0) is 17.8 Å². The Balaban J connectivity index is 1.64. The van der Waals surface area contributed by atoms with Gasteiger partial charge in [0.2, 0.25) is 0 Å². The van der Waals surface area contributed by atoms with E-state index < -0.39 is 0 Å². The molecule has 0 spiro atoms. The standard InChI is InChI=1S/C25H34N4O3/c1-5-26-25(27-15-19-7-10-20(11-8-19)24(30)29(3)4)28-16-21-9-6-18(2)14-23(21)32-22-12-13-31-17-22/h6-11,14,22H,5,12-13,15-17H2,1-4H3,(H2,26,27,28). The van der Waals surface area contributed by atoms with E-state index in [2.05, 4.69) is 35.8 Å². The molecule has 1 heterocycles. The number of carbonyl (C=O) groups excluding carboxylic acids is 1. The summed E-state index contributed by atoms with van der Waals surface area (Å²) in [7, 11) is 3.50. The molecule has 0 saturated carbocycles. The minimum absolute atomic E-state index is 0.00431. The van der Waals surface area contributed by atoms with E-state index in [0.717, 1.165) is 42.4 Å². The average Bonchev–Trinajstić information content (AvgIpc) is 3.29. The molecule has 32 heavy (non-hydrogen) atoms. The molecular weight excluding hydrogens is 404 g/mol. The Morgan fingerprint density at radius 2 is 1.97 bits per heavy atom. The number of hydrogen-bond acceptors (Lipinski definition) is 4. The zero-order valence-corrected chi connectivity index (χ0v) is 19.5. The maximum Gasteiger partial charge on any atom is 0.253 e. The molecule has 0 radical (unpaired) electrons. The summed E-state index contributed by atoms with van der Waals surface area (Å²) in [6.45, 7) is 7.39. The Morgan fingerprint density at radius 3 is 2.62 bits per heavy atom. The number of ether oxygens (including phenoxy) is 2. The predicted octanol–water partition coefficient (Wildman–Crippen LogP) is 3.12. The molecule has 7 nitrogen and oxygen atoms in total. The van der Waals surface area contributed by atoms with Crippen molar-refractivity contribution >= 4 is 11.9 Å². The first kappa shape index (κ1) is 23.6. The molecule has 7 heteroatoms. The van der Waals surface area contributed by atoms with Crippen molar-refractivity contribution in [3.8, 4) is 5.75 Å². The molecule has 0 bridgehead atoms. The van der Waals surface area contributed by atoms with Crippen molar-refractivity contribution in [2.45, 2.75) is 39.5 Å². The lowest BCUT2D eigenvalue weighted by molar-refractivity contribution is 0.0827. The van der Waals surface area contributed by atoms with Gasteiger partial charge >= 0.3 is 0 Å². The van der Waals surface area contributed by atoms with Gasteiger partial charge in [-0.2, -0.15) is 0 Å². The van der Waals surface area contributed by atoms with Crippen LogP contribution >= 0.6 is 0 Å². The SMILES string of the molecule is CCNC(=NCc1ccc(C(=O)N(C)C)cc1)NCc1ccc(C)cc1OC1CCOC1. The fourth-order valence-corrected chi connectivity index (χ4v) is 3.40. The zero-order valence-electron chi connectivity index (χ0n) is 19.5. The highest BCUT2D eigenvalue weighted by molar-refractivity contribution is 5.93. The molecule has 1 amide bonds. The molecule has 1 fully saturated rings. The minimum Gasteiger partial charge on any atom is -0.488 e. The highest BCUT2D eigenvalue weighted by atomic mass is 16.5. The van der Waals surface area contributed by atoms with Crippen molar-refractivity contribution in [3.05, 3.63) is 64.7 Å². The number of rotatable bonds is 8. The van der Waals surface area contributed by atoms with Crippen LogP contribution in [-0.4, -0.2) is 56.7 Å². The number of aliphatic imine (C=N–C) groups is 1. The maximum absolute atomic E-state index is 12.0. The fourth-order valence-electron chi connectivity index (χ4n) is 3.40. The summed E-state index contributed by atoms with van der Waals surface area (Å²) in [4.78, 5) is 18.3. The Hall–Kier alpha value is -3.06. The van der Waals surface area contributed by atoms with E-state index in [1.54, 1.807) is 19.0 Å². The molecule has 1 aliphatic heterocycles. The van der Waals surface area contributed by atoms with Crippen molar-refractivity contribution < 1.29 is 14.3 Å². The van der Waals surface area contributed by atoms with Gasteiger partial charge in [0.25, 0.3) is 5.91 Å². The molecule has 2 N–H and O–H groups in total. The topological polar surface area (TPSA) is 75.2 Å². The maximum atomic E-state index is 12.0. The summed E-state index contributed by atoms with van der Waals surface area (Å²) in [5.74, 6) is 1.62. The monoisotopic (exact) mass is 438 g/mol.